The van der Waals surface area contributed by atoms with Crippen LogP contribution in [0.1, 0.15) is 78.0 Å². The van der Waals surface area contributed by atoms with E-state index in [1.165, 1.54) is 6.20 Å². The van der Waals surface area contributed by atoms with Gasteiger partial charge in [-0.05, 0) is 49.6 Å². The monoisotopic (exact) mass is 490 g/mol. The molecule has 35 heavy (non-hydrogen) atoms. The summed E-state index contributed by atoms with van der Waals surface area (Å²) in [5.41, 5.74) is 3.42. The highest BCUT2D eigenvalue weighted by Crippen LogP contribution is 2.22. The Morgan fingerprint density at radius 3 is 2.29 bits per heavy atom. The summed E-state index contributed by atoms with van der Waals surface area (Å²) in [6, 6.07) is 13.7. The fourth-order valence-corrected chi connectivity index (χ4v) is 3.53. The van der Waals surface area contributed by atoms with Gasteiger partial charge in [-0.1, -0.05) is 70.9 Å². The molecule has 194 valence electrons. The highest BCUT2D eigenvalue weighted by atomic mass is 19.3. The SMILES string of the molecule is C=C(C)c1cccc(NCCF)c1.CC.CCCC(CCC)Nc1cccc2nc(C(F)F)cn12. The quantitative estimate of drug-likeness (QED) is 0.282. The maximum absolute atomic E-state index is 12.7. The third-order valence-corrected chi connectivity index (χ3v) is 5.14. The number of allylic oxidation sites excluding steroid dienone is 1. The van der Waals surface area contributed by atoms with Crippen molar-refractivity contribution in [3.63, 3.8) is 0 Å². The Morgan fingerprint density at radius 1 is 1.06 bits per heavy atom. The summed E-state index contributed by atoms with van der Waals surface area (Å²) in [4.78, 5) is 3.95. The van der Waals surface area contributed by atoms with Crippen LogP contribution in [0, 0.1) is 0 Å². The van der Waals surface area contributed by atoms with Crippen LogP contribution in [0.15, 0.2) is 55.2 Å². The third kappa shape index (κ3) is 10.0. The summed E-state index contributed by atoms with van der Waals surface area (Å²) in [5, 5.41) is 6.43. The lowest BCUT2D eigenvalue weighted by Gasteiger charge is -2.19. The second-order valence-corrected chi connectivity index (χ2v) is 8.00. The minimum Gasteiger partial charge on any atom is -0.382 e. The second kappa shape index (κ2) is 16.6. The van der Waals surface area contributed by atoms with Crippen molar-refractivity contribution in [2.75, 3.05) is 23.9 Å². The largest absolute Gasteiger partial charge is 0.382 e. The molecule has 0 saturated heterocycles. The summed E-state index contributed by atoms with van der Waals surface area (Å²) in [5.74, 6) is 0.828. The molecule has 0 atom stereocenters. The number of nitrogens with one attached hydrogen (secondary N) is 2. The van der Waals surface area contributed by atoms with E-state index in [2.05, 4.69) is 36.0 Å². The molecule has 2 heterocycles. The number of anilines is 2. The Balaban J connectivity index is 0.000000354. The number of hydrogen-bond acceptors (Lipinski definition) is 3. The fraction of sp³-hybridized carbons (Fsp3) is 0.464. The number of benzene rings is 1. The average molecular weight is 491 g/mol. The average Bonchev–Trinajstić information content (AvgIpc) is 3.31. The van der Waals surface area contributed by atoms with E-state index in [0.29, 0.717) is 18.2 Å². The standard InChI is InChI=1S/C15H21F2N3.C11H14FN.C2H6/c1-3-6-11(7-4-2)18-13-8-5-9-14-19-12(15(16)17)10-20(13)14;1-9(2)10-4-3-5-11(8-10)13-7-6-12;1-2/h5,8-11,15,18H,3-4,6-7H2,1-2H3;3-5,8,13H,1,6-7H2,2H3;1-2H3. The van der Waals surface area contributed by atoms with Crippen molar-refractivity contribution in [2.45, 2.75) is 72.8 Å². The Labute approximate surface area is 208 Å². The van der Waals surface area contributed by atoms with Gasteiger partial charge in [-0.25, -0.2) is 18.2 Å². The van der Waals surface area contributed by atoms with E-state index < -0.39 is 6.43 Å². The Bertz CT molecular complexity index is 995. The van der Waals surface area contributed by atoms with Crippen LogP contribution < -0.4 is 10.6 Å². The number of alkyl halides is 3. The molecule has 0 bridgehead atoms. The van der Waals surface area contributed by atoms with Gasteiger partial charge in [0.25, 0.3) is 6.43 Å². The van der Waals surface area contributed by atoms with Crippen LogP contribution in [0.2, 0.25) is 0 Å². The first-order valence-corrected chi connectivity index (χ1v) is 12.5. The Morgan fingerprint density at radius 2 is 1.71 bits per heavy atom. The molecule has 0 saturated carbocycles. The second-order valence-electron chi connectivity index (χ2n) is 8.00. The molecule has 3 aromatic rings. The minimum absolute atomic E-state index is 0.179. The first kappa shape index (κ1) is 30.1. The van der Waals surface area contributed by atoms with Crippen LogP contribution in [0.4, 0.5) is 24.7 Å². The maximum Gasteiger partial charge on any atom is 0.281 e. The molecular formula is C28H41F3N4. The third-order valence-electron chi connectivity index (χ3n) is 5.14. The van der Waals surface area contributed by atoms with E-state index in [0.717, 1.165) is 48.3 Å². The van der Waals surface area contributed by atoms with Crippen molar-refractivity contribution in [1.29, 1.82) is 0 Å². The first-order chi connectivity index (χ1) is 16.9. The van der Waals surface area contributed by atoms with Crippen molar-refractivity contribution < 1.29 is 13.2 Å². The van der Waals surface area contributed by atoms with Gasteiger partial charge in [0.2, 0.25) is 0 Å². The van der Waals surface area contributed by atoms with Crippen LogP contribution in [-0.2, 0) is 0 Å². The van der Waals surface area contributed by atoms with Crippen molar-refractivity contribution in [3.05, 3.63) is 66.5 Å². The number of rotatable bonds is 11. The molecule has 3 rings (SSSR count). The van der Waals surface area contributed by atoms with Gasteiger partial charge in [0, 0.05) is 24.5 Å². The van der Waals surface area contributed by atoms with Crippen molar-refractivity contribution in [2.24, 2.45) is 0 Å². The van der Waals surface area contributed by atoms with Crippen LogP contribution in [0.5, 0.6) is 0 Å². The summed E-state index contributed by atoms with van der Waals surface area (Å²) >= 11 is 0. The number of halogens is 3. The Hall–Kier alpha value is -2.96. The molecule has 2 aromatic heterocycles. The summed E-state index contributed by atoms with van der Waals surface area (Å²) in [7, 11) is 0. The van der Waals surface area contributed by atoms with Gasteiger partial charge in [0.05, 0.1) is 0 Å². The van der Waals surface area contributed by atoms with Crippen LogP contribution >= 0.6 is 0 Å². The van der Waals surface area contributed by atoms with Crippen LogP contribution in [0.25, 0.3) is 11.2 Å². The number of hydrogen-bond donors (Lipinski definition) is 2. The Kier molecular flexibility index (Phi) is 14.3. The van der Waals surface area contributed by atoms with Gasteiger partial charge in [-0.2, -0.15) is 0 Å². The molecule has 2 N–H and O–H groups in total. The molecule has 0 spiro atoms. The van der Waals surface area contributed by atoms with E-state index in [-0.39, 0.29) is 12.4 Å². The number of fused-ring (bicyclic) bond motifs is 1. The topological polar surface area (TPSA) is 41.4 Å². The molecular weight excluding hydrogens is 449 g/mol. The molecule has 4 nitrogen and oxygen atoms in total. The molecule has 0 radical (unpaired) electrons. The van der Waals surface area contributed by atoms with E-state index in [1.807, 2.05) is 57.2 Å². The molecule has 1 aromatic carbocycles. The summed E-state index contributed by atoms with van der Waals surface area (Å²) in [6.45, 7) is 14.1. The first-order valence-electron chi connectivity index (χ1n) is 12.5. The number of pyridine rings is 1. The highest BCUT2D eigenvalue weighted by molar-refractivity contribution is 5.65. The molecule has 0 aliphatic rings. The van der Waals surface area contributed by atoms with Crippen molar-refractivity contribution in [1.82, 2.24) is 9.38 Å². The lowest BCUT2D eigenvalue weighted by atomic mass is 10.1. The highest BCUT2D eigenvalue weighted by Gasteiger charge is 2.14. The number of imidazole rings is 1. The van der Waals surface area contributed by atoms with Gasteiger partial charge >= 0.3 is 0 Å². The number of aromatic nitrogens is 2. The molecule has 0 fully saturated rings. The predicted octanol–water partition coefficient (Wildman–Crippen LogP) is 8.78. The zero-order valence-corrected chi connectivity index (χ0v) is 21.8. The number of nitrogens with zero attached hydrogens (tertiary/aromatic N) is 2. The van der Waals surface area contributed by atoms with Crippen molar-refractivity contribution >= 4 is 22.7 Å². The van der Waals surface area contributed by atoms with Gasteiger partial charge < -0.3 is 10.6 Å². The fourth-order valence-electron chi connectivity index (χ4n) is 3.53. The lowest BCUT2D eigenvalue weighted by molar-refractivity contribution is 0.147. The van der Waals surface area contributed by atoms with Crippen molar-refractivity contribution in [3.8, 4) is 0 Å². The van der Waals surface area contributed by atoms with Gasteiger partial charge in [-0.15, -0.1) is 0 Å². The molecule has 0 unspecified atom stereocenters. The normalized spacial score (nSPS) is 10.5. The van der Waals surface area contributed by atoms with E-state index in [1.54, 1.807) is 10.5 Å². The smallest absolute Gasteiger partial charge is 0.281 e. The van der Waals surface area contributed by atoms with Gasteiger partial charge in [-0.3, -0.25) is 4.40 Å². The molecule has 7 heteroatoms. The van der Waals surface area contributed by atoms with Crippen LogP contribution in [0.3, 0.4) is 0 Å². The van der Waals surface area contributed by atoms with E-state index in [9.17, 15) is 13.2 Å². The van der Waals surface area contributed by atoms with Gasteiger partial charge in [0.1, 0.15) is 23.8 Å². The molecule has 0 aliphatic carbocycles. The maximum atomic E-state index is 12.7. The summed E-state index contributed by atoms with van der Waals surface area (Å²) < 4.78 is 39.1. The van der Waals surface area contributed by atoms with Gasteiger partial charge in [0.15, 0.2) is 0 Å². The zero-order chi connectivity index (χ0) is 26.2. The lowest BCUT2D eigenvalue weighted by Crippen LogP contribution is -2.20. The van der Waals surface area contributed by atoms with Crippen LogP contribution in [-0.4, -0.2) is 28.6 Å². The minimum atomic E-state index is -2.54. The summed E-state index contributed by atoms with van der Waals surface area (Å²) in [6.07, 6.45) is 3.21. The zero-order valence-electron chi connectivity index (χ0n) is 21.8. The molecule has 0 amide bonds. The predicted molar refractivity (Wildman–Crippen MR) is 144 cm³/mol. The molecule has 0 aliphatic heterocycles. The van der Waals surface area contributed by atoms with E-state index in [4.69, 9.17) is 0 Å². The van der Waals surface area contributed by atoms with E-state index >= 15 is 0 Å².